The number of rotatable bonds is 3. The van der Waals surface area contributed by atoms with Crippen LogP contribution in [-0.2, 0) is 9.53 Å². The second-order valence-electron chi connectivity index (χ2n) is 8.46. The Morgan fingerprint density at radius 3 is 2.66 bits per heavy atom. The van der Waals surface area contributed by atoms with E-state index >= 15 is 0 Å². The van der Waals surface area contributed by atoms with Crippen LogP contribution in [0.2, 0.25) is 0 Å². The van der Waals surface area contributed by atoms with Crippen molar-refractivity contribution in [3.63, 3.8) is 0 Å². The summed E-state index contributed by atoms with van der Waals surface area (Å²) in [6.45, 7) is 1.19. The molecular weight excluding hydrogens is 387 g/mol. The lowest BCUT2D eigenvalue weighted by Crippen LogP contribution is -2.48. The molecule has 0 aromatic carbocycles. The molecule has 10 heteroatoms. The van der Waals surface area contributed by atoms with E-state index in [0.717, 1.165) is 36.7 Å². The average molecular weight is 415 g/mol. The molecule has 1 aromatic heterocycles. The van der Waals surface area contributed by atoms with Gasteiger partial charge in [0.2, 0.25) is 11.9 Å². The molecule has 2 aliphatic heterocycles. The smallest absolute Gasteiger partial charge is 0.381 e. The highest BCUT2D eigenvalue weighted by Gasteiger charge is 2.48. The van der Waals surface area contributed by atoms with Gasteiger partial charge in [0.15, 0.2) is 6.04 Å². The first-order valence-electron chi connectivity index (χ1n) is 10.4. The van der Waals surface area contributed by atoms with E-state index in [1.54, 1.807) is 7.11 Å². The number of hydrogen-bond donors (Lipinski definition) is 1. The molecule has 1 saturated carbocycles. The number of anilines is 1. The largest absolute Gasteiger partial charge is 0.411 e. The molecular formula is C19H28F3N5O2. The molecule has 1 N–H and O–H groups in total. The standard InChI is InChI=1S/C19H28F3N5O2/c1-29-14-4-2-3-13(9-14)17(28)26-7-5-12(6-8-26)15-10-16(19(20,21)22)27-18(25-15)23-11-24-27/h11-16H,2-10H2,1H3,(H,23,24,25)/t13?,14?,15-,16+/m0/s1. The molecule has 4 atom stereocenters. The summed E-state index contributed by atoms with van der Waals surface area (Å²) < 4.78 is 46.8. The maximum Gasteiger partial charge on any atom is 0.411 e. The highest BCUT2D eigenvalue weighted by atomic mass is 19.4. The number of aromatic nitrogens is 3. The minimum absolute atomic E-state index is 0.00576. The van der Waals surface area contributed by atoms with E-state index in [9.17, 15) is 18.0 Å². The Bertz CT molecular complexity index is 717. The van der Waals surface area contributed by atoms with Crippen molar-refractivity contribution in [2.45, 2.75) is 69.3 Å². The van der Waals surface area contributed by atoms with Gasteiger partial charge >= 0.3 is 6.18 Å². The minimum atomic E-state index is -4.36. The molecule has 162 valence electrons. The van der Waals surface area contributed by atoms with Crippen LogP contribution in [0.5, 0.6) is 0 Å². The van der Waals surface area contributed by atoms with Crippen molar-refractivity contribution >= 4 is 11.9 Å². The van der Waals surface area contributed by atoms with Crippen molar-refractivity contribution < 1.29 is 22.7 Å². The third-order valence-corrected chi connectivity index (χ3v) is 6.77. The first-order chi connectivity index (χ1) is 13.9. The number of carbonyl (C=O) groups is 1. The molecule has 7 nitrogen and oxygen atoms in total. The Hall–Kier alpha value is -1.84. The van der Waals surface area contributed by atoms with Crippen LogP contribution in [-0.4, -0.2) is 64.1 Å². The lowest BCUT2D eigenvalue weighted by molar-refractivity contribution is -0.174. The lowest BCUT2D eigenvalue weighted by atomic mass is 9.83. The first-order valence-corrected chi connectivity index (χ1v) is 10.4. The van der Waals surface area contributed by atoms with E-state index in [4.69, 9.17) is 4.74 Å². The van der Waals surface area contributed by atoms with Crippen molar-refractivity contribution in [3.8, 4) is 0 Å². The highest BCUT2D eigenvalue weighted by molar-refractivity contribution is 5.79. The number of methoxy groups -OCH3 is 1. The van der Waals surface area contributed by atoms with Crippen LogP contribution < -0.4 is 5.32 Å². The molecule has 2 fully saturated rings. The van der Waals surface area contributed by atoms with Crippen LogP contribution in [0.4, 0.5) is 19.1 Å². The van der Waals surface area contributed by atoms with E-state index < -0.39 is 12.2 Å². The van der Waals surface area contributed by atoms with Gasteiger partial charge in [-0.1, -0.05) is 6.42 Å². The van der Waals surface area contributed by atoms with Crippen LogP contribution in [0.25, 0.3) is 0 Å². The third-order valence-electron chi connectivity index (χ3n) is 6.77. The Morgan fingerprint density at radius 1 is 1.21 bits per heavy atom. The SMILES string of the molecule is COC1CCCC(C(=O)N2CCC([C@@H]3C[C@H](C(F)(F)F)n4ncnc4N3)CC2)C1. The fraction of sp³-hybridized carbons (Fsp3) is 0.842. The summed E-state index contributed by atoms with van der Waals surface area (Å²) in [6.07, 6.45) is 1.94. The molecule has 0 bridgehead atoms. The Morgan fingerprint density at radius 2 is 1.97 bits per heavy atom. The number of fused-ring (bicyclic) bond motifs is 1. The van der Waals surface area contributed by atoms with Crippen molar-refractivity contribution in [1.82, 2.24) is 19.7 Å². The van der Waals surface area contributed by atoms with Gasteiger partial charge in [0.25, 0.3) is 0 Å². The fourth-order valence-corrected chi connectivity index (χ4v) is 5.09. The van der Waals surface area contributed by atoms with Crippen LogP contribution in [0.1, 0.15) is 51.0 Å². The van der Waals surface area contributed by atoms with E-state index in [-0.39, 0.29) is 42.3 Å². The van der Waals surface area contributed by atoms with E-state index in [0.29, 0.717) is 25.9 Å². The van der Waals surface area contributed by atoms with Crippen LogP contribution in [0.3, 0.4) is 0 Å². The first kappa shape index (κ1) is 20.4. The molecule has 0 spiro atoms. The monoisotopic (exact) mass is 415 g/mol. The minimum Gasteiger partial charge on any atom is -0.381 e. The van der Waals surface area contributed by atoms with Crippen molar-refractivity contribution in [3.05, 3.63) is 6.33 Å². The molecule has 4 rings (SSSR count). The molecule has 29 heavy (non-hydrogen) atoms. The van der Waals surface area contributed by atoms with Gasteiger partial charge in [-0.05, 0) is 44.4 Å². The summed E-state index contributed by atoms with van der Waals surface area (Å²) in [4.78, 5) is 18.7. The van der Waals surface area contributed by atoms with Crippen molar-refractivity contribution in [2.75, 3.05) is 25.5 Å². The maximum atomic E-state index is 13.5. The summed E-state index contributed by atoms with van der Waals surface area (Å²) in [6, 6.07) is -1.97. The number of ether oxygens (including phenoxy) is 1. The predicted octanol–water partition coefficient (Wildman–Crippen LogP) is 3.01. The summed E-state index contributed by atoms with van der Waals surface area (Å²) >= 11 is 0. The van der Waals surface area contributed by atoms with Gasteiger partial charge in [0.05, 0.1) is 6.10 Å². The van der Waals surface area contributed by atoms with Gasteiger partial charge in [-0.25, -0.2) is 4.68 Å². The Kier molecular flexibility index (Phi) is 5.72. The molecule has 3 heterocycles. The predicted molar refractivity (Wildman–Crippen MR) is 99.2 cm³/mol. The Balaban J connectivity index is 1.36. The van der Waals surface area contributed by atoms with E-state index in [2.05, 4.69) is 15.4 Å². The number of nitrogens with one attached hydrogen (secondary N) is 1. The molecule has 0 radical (unpaired) electrons. The number of hydrogen-bond acceptors (Lipinski definition) is 5. The van der Waals surface area contributed by atoms with Gasteiger partial charge in [0.1, 0.15) is 6.33 Å². The maximum absolute atomic E-state index is 13.5. The molecule has 1 aliphatic carbocycles. The van der Waals surface area contributed by atoms with Gasteiger partial charge in [-0.3, -0.25) is 4.79 Å². The number of carbonyl (C=O) groups excluding carboxylic acids is 1. The fourth-order valence-electron chi connectivity index (χ4n) is 5.09. The normalized spacial score (nSPS) is 31.2. The molecule has 2 unspecified atom stereocenters. The quantitative estimate of drug-likeness (QED) is 0.822. The van der Waals surface area contributed by atoms with Gasteiger partial charge in [-0.15, -0.1) is 0 Å². The number of piperidine rings is 1. The Labute approximate surface area is 168 Å². The summed E-state index contributed by atoms with van der Waals surface area (Å²) in [5.41, 5.74) is 0. The van der Waals surface area contributed by atoms with E-state index in [1.807, 2.05) is 4.90 Å². The van der Waals surface area contributed by atoms with Crippen LogP contribution in [0, 0.1) is 11.8 Å². The molecule has 1 saturated heterocycles. The zero-order valence-electron chi connectivity index (χ0n) is 16.6. The second-order valence-corrected chi connectivity index (χ2v) is 8.46. The van der Waals surface area contributed by atoms with Crippen molar-refractivity contribution in [2.24, 2.45) is 11.8 Å². The number of likely N-dealkylation sites (tertiary alicyclic amines) is 1. The number of amides is 1. The highest BCUT2D eigenvalue weighted by Crippen LogP contribution is 2.41. The van der Waals surface area contributed by atoms with Gasteiger partial charge in [-0.2, -0.15) is 23.3 Å². The molecule has 1 amide bonds. The zero-order valence-corrected chi connectivity index (χ0v) is 16.6. The van der Waals surface area contributed by atoms with Crippen LogP contribution in [0.15, 0.2) is 6.33 Å². The lowest BCUT2D eigenvalue weighted by Gasteiger charge is -2.41. The van der Waals surface area contributed by atoms with Crippen molar-refractivity contribution in [1.29, 1.82) is 0 Å². The average Bonchev–Trinajstić information content (AvgIpc) is 3.20. The number of nitrogens with zero attached hydrogens (tertiary/aromatic N) is 4. The number of alkyl halides is 3. The van der Waals surface area contributed by atoms with Gasteiger partial charge in [0, 0.05) is 32.2 Å². The topological polar surface area (TPSA) is 72.3 Å². The summed E-state index contributed by atoms with van der Waals surface area (Å²) in [7, 11) is 1.69. The van der Waals surface area contributed by atoms with E-state index in [1.165, 1.54) is 0 Å². The second kappa shape index (κ2) is 8.12. The number of halogens is 3. The zero-order chi connectivity index (χ0) is 20.6. The summed E-state index contributed by atoms with van der Waals surface area (Å²) in [5.74, 6) is 0.434. The summed E-state index contributed by atoms with van der Waals surface area (Å²) in [5, 5.41) is 6.88. The third kappa shape index (κ3) is 4.22. The van der Waals surface area contributed by atoms with Gasteiger partial charge < -0.3 is 15.0 Å². The molecule has 1 aromatic rings. The molecule has 3 aliphatic rings. The van der Waals surface area contributed by atoms with Crippen LogP contribution >= 0.6 is 0 Å².